The number of allylic oxidation sites excluding steroid dienone is 3. The van der Waals surface area contributed by atoms with Gasteiger partial charge in [-0.15, -0.1) is 0 Å². The molecule has 0 nitrogen and oxygen atoms in total. The van der Waals surface area contributed by atoms with Crippen LogP contribution in [-0.4, -0.2) is 5.92 Å². The van der Waals surface area contributed by atoms with Crippen LogP contribution in [0, 0.1) is 5.92 Å². The molecule has 0 spiro atoms. The van der Waals surface area contributed by atoms with Gasteiger partial charge in [-0.2, -0.15) is 0 Å². The fraction of sp³-hybridized carbons (Fsp3) is 0.429. The monoisotopic (exact) mass is 559 g/mol. The van der Waals surface area contributed by atoms with E-state index in [1.807, 2.05) is 0 Å². The van der Waals surface area contributed by atoms with Crippen LogP contribution >= 0.6 is 0 Å². The molecule has 5 rings (SSSR count). The Hall–Kier alpha value is -0.400. The van der Waals surface area contributed by atoms with Gasteiger partial charge in [-0.1, -0.05) is 0 Å². The minimum atomic E-state index is -1.78. The summed E-state index contributed by atoms with van der Waals surface area (Å²) >= 11 is -1.78. The van der Waals surface area contributed by atoms with E-state index in [4.69, 9.17) is 0 Å². The topological polar surface area (TPSA) is 0 Å². The Kier molecular flexibility index (Phi) is 8.93. The standard InChI is InChI=1S/C14H17.C12H11.C2H7Si.2ClH.Zr/c1-3-6-11(2)13-10-9-12-7-4-5-8-14(12)13;1-3-9-7-11-5-2-6-12(11)8-10(9)4-1;1-3-2;;;/h4-5,7-11H,3,6H2,1-2H3;1,3-4,7-8H,2,5-6H2;3H,1-2H3;2*1H;/q;;;;;+2/p-2. The van der Waals surface area contributed by atoms with Gasteiger partial charge in [-0.3, -0.25) is 0 Å². The van der Waals surface area contributed by atoms with Crippen LogP contribution in [0.5, 0.6) is 0 Å². The van der Waals surface area contributed by atoms with Crippen LogP contribution in [0.3, 0.4) is 0 Å². The van der Waals surface area contributed by atoms with Gasteiger partial charge in [0.1, 0.15) is 0 Å². The summed E-state index contributed by atoms with van der Waals surface area (Å²) in [6.07, 6.45) is 14.5. The van der Waals surface area contributed by atoms with E-state index in [0.717, 1.165) is 7.25 Å². The Morgan fingerprint density at radius 2 is 1.72 bits per heavy atom. The zero-order valence-corrected chi connectivity index (χ0v) is 24.9. The Balaban J connectivity index is 0.00000144. The third-order valence-corrected chi connectivity index (χ3v) is 29.0. The molecule has 0 heterocycles. The number of aryl methyl sites for hydroxylation is 2. The number of benzene rings is 2. The first-order valence-electron chi connectivity index (χ1n) is 12.1. The molecule has 4 heteroatoms. The van der Waals surface area contributed by atoms with Gasteiger partial charge in [0.15, 0.2) is 0 Å². The molecule has 2 aromatic rings. The van der Waals surface area contributed by atoms with Gasteiger partial charge >= 0.3 is 193 Å². The van der Waals surface area contributed by atoms with E-state index in [0.29, 0.717) is 5.92 Å². The molecule has 0 N–H and O–H groups in total. The summed E-state index contributed by atoms with van der Waals surface area (Å²) in [6.45, 7) is 10.1. The second kappa shape index (κ2) is 10.9. The molecule has 3 unspecified atom stereocenters. The first-order valence-corrected chi connectivity index (χ1v) is 22.1. The van der Waals surface area contributed by atoms with E-state index in [9.17, 15) is 0 Å². The van der Waals surface area contributed by atoms with Gasteiger partial charge in [0.05, 0.1) is 0 Å². The molecule has 3 atom stereocenters. The van der Waals surface area contributed by atoms with Crippen molar-refractivity contribution in [3.8, 4) is 0 Å². The Morgan fingerprint density at radius 1 is 1.00 bits per heavy atom. The van der Waals surface area contributed by atoms with Crippen LogP contribution in [0.1, 0.15) is 73.7 Å². The number of hydrogen-bond donors (Lipinski definition) is 0. The number of fused-ring (bicyclic) bond motifs is 3. The maximum atomic E-state index is 2.78. The first kappa shape index (κ1) is 26.2. The van der Waals surface area contributed by atoms with Gasteiger partial charge in [-0.05, 0) is 0 Å². The molecule has 0 aromatic heterocycles. The molecule has 32 heavy (non-hydrogen) atoms. The Labute approximate surface area is 216 Å². The molecule has 3 aliphatic rings. The van der Waals surface area contributed by atoms with Crippen LogP contribution in [0.15, 0.2) is 48.6 Å². The predicted octanol–water partition coefficient (Wildman–Crippen LogP) is 1.43. The van der Waals surface area contributed by atoms with Crippen molar-refractivity contribution in [2.45, 2.75) is 66.3 Å². The summed E-state index contributed by atoms with van der Waals surface area (Å²) in [5.41, 5.74) is 11.5. The molecule has 0 saturated carbocycles. The quantitative estimate of drug-likeness (QED) is 0.469. The Morgan fingerprint density at radius 3 is 2.44 bits per heavy atom. The van der Waals surface area contributed by atoms with Crippen molar-refractivity contribution in [1.82, 2.24) is 0 Å². The molecule has 0 aliphatic heterocycles. The van der Waals surface area contributed by atoms with E-state index in [2.05, 4.69) is 81.6 Å². The van der Waals surface area contributed by atoms with Crippen LogP contribution < -0.4 is 24.8 Å². The summed E-state index contributed by atoms with van der Waals surface area (Å²) in [7, 11) is 0. The van der Waals surface area contributed by atoms with Crippen molar-refractivity contribution >= 4 is 17.6 Å². The fourth-order valence-electron chi connectivity index (χ4n) is 6.27. The predicted molar refractivity (Wildman–Crippen MR) is 130 cm³/mol. The van der Waals surface area contributed by atoms with Crippen molar-refractivity contribution in [3.63, 3.8) is 0 Å². The fourth-order valence-corrected chi connectivity index (χ4v) is 27.3. The van der Waals surface area contributed by atoms with Crippen molar-refractivity contribution in [2.24, 2.45) is 5.92 Å². The van der Waals surface area contributed by atoms with Gasteiger partial charge < -0.3 is 24.8 Å². The van der Waals surface area contributed by atoms with Crippen LogP contribution in [0.2, 0.25) is 13.1 Å². The first-order chi connectivity index (χ1) is 14.6. The van der Waals surface area contributed by atoms with Crippen molar-refractivity contribution in [3.05, 3.63) is 81.9 Å². The zero-order chi connectivity index (χ0) is 20.8. The smallest absolute Gasteiger partial charge is 1.00 e. The van der Waals surface area contributed by atoms with E-state index in [1.165, 1.54) is 32.1 Å². The third-order valence-electron chi connectivity index (χ3n) is 7.69. The summed E-state index contributed by atoms with van der Waals surface area (Å²) < 4.78 is 1.56. The normalized spacial score (nSPS) is 20.7. The van der Waals surface area contributed by atoms with Crippen LogP contribution in [0.4, 0.5) is 0 Å². The molecule has 3 aliphatic carbocycles. The number of rotatable bonds is 6. The molecule has 0 fully saturated rings. The van der Waals surface area contributed by atoms with Crippen molar-refractivity contribution in [2.75, 3.05) is 0 Å². The van der Waals surface area contributed by atoms with E-state index in [1.54, 1.807) is 39.0 Å². The maximum Gasteiger partial charge on any atom is -1.00 e. The maximum absolute atomic E-state index is 2.78. The molecule has 0 bridgehead atoms. The van der Waals surface area contributed by atoms with Gasteiger partial charge in [0, 0.05) is 0 Å². The summed E-state index contributed by atoms with van der Waals surface area (Å²) in [6, 6.07) is 14.6. The van der Waals surface area contributed by atoms with E-state index < -0.39 is 26.8 Å². The van der Waals surface area contributed by atoms with E-state index in [-0.39, 0.29) is 24.8 Å². The largest absolute Gasteiger partial charge is 1.00 e. The summed E-state index contributed by atoms with van der Waals surface area (Å²) in [5.74, 6) is -0.0155. The third kappa shape index (κ3) is 4.59. The van der Waals surface area contributed by atoms with E-state index >= 15 is 0 Å². The number of halogens is 2. The second-order valence-electron chi connectivity index (χ2n) is 9.97. The van der Waals surface area contributed by atoms with Gasteiger partial charge in [0.2, 0.25) is 0 Å². The molecular formula is C28H35Cl2SiZr. The van der Waals surface area contributed by atoms with Crippen molar-refractivity contribution in [1.29, 1.82) is 0 Å². The summed E-state index contributed by atoms with van der Waals surface area (Å²) in [5, 5.41) is 0. The molecule has 2 aromatic carbocycles. The number of hydrogen-bond acceptors (Lipinski definition) is 0. The molecular weight excluding hydrogens is 527 g/mol. The van der Waals surface area contributed by atoms with Gasteiger partial charge in [0.25, 0.3) is 0 Å². The Bertz CT molecular complexity index is 1030. The average molecular weight is 562 g/mol. The van der Waals surface area contributed by atoms with Crippen molar-refractivity contribution < 1.29 is 45.7 Å². The SMILES string of the molecule is CCCC(C)C1=C[CH]([Zr+2]([CH]2C=Cc3cc4c(cc32)CCC4)[SiH](C)C)c2ccccc21.[Cl-].[Cl-]. The summed E-state index contributed by atoms with van der Waals surface area (Å²) in [4.78, 5) is 0. The molecule has 0 saturated heterocycles. The van der Waals surface area contributed by atoms with Crippen LogP contribution in [0.25, 0.3) is 11.6 Å². The molecule has 0 amide bonds. The minimum absolute atomic E-state index is 0. The minimum Gasteiger partial charge on any atom is -1.00 e. The zero-order valence-electron chi connectivity index (χ0n) is 19.8. The second-order valence-corrected chi connectivity index (χ2v) is 30.3. The molecule has 0 radical (unpaired) electrons. The van der Waals surface area contributed by atoms with Crippen LogP contribution in [-0.2, 0) is 33.8 Å². The average Bonchev–Trinajstić information content (AvgIpc) is 3.44. The van der Waals surface area contributed by atoms with Gasteiger partial charge in [-0.25, -0.2) is 0 Å². The molecule has 169 valence electrons.